The maximum atomic E-state index is 13.9. The lowest BCUT2D eigenvalue weighted by Gasteiger charge is -2.38. The fourth-order valence-electron chi connectivity index (χ4n) is 6.00. The summed E-state index contributed by atoms with van der Waals surface area (Å²) in [5.41, 5.74) is -2.17. The van der Waals surface area contributed by atoms with Crippen LogP contribution in [0.4, 0.5) is 0 Å². The molecule has 33 heavy (non-hydrogen) atoms. The Morgan fingerprint density at radius 2 is 1.82 bits per heavy atom. The summed E-state index contributed by atoms with van der Waals surface area (Å²) in [5, 5.41) is 9.14. The predicted octanol–water partition coefficient (Wildman–Crippen LogP) is 1.82. The van der Waals surface area contributed by atoms with E-state index in [1.165, 1.54) is 0 Å². The van der Waals surface area contributed by atoms with Crippen molar-refractivity contribution in [1.82, 2.24) is 9.80 Å². The number of likely N-dealkylation sites (tertiary alicyclic amines) is 1. The van der Waals surface area contributed by atoms with Gasteiger partial charge in [-0.25, -0.2) is 0 Å². The van der Waals surface area contributed by atoms with Crippen molar-refractivity contribution >= 4 is 17.8 Å². The molecule has 5 atom stereocenters. The summed E-state index contributed by atoms with van der Waals surface area (Å²) < 4.78 is 12.2. The number of carbonyl (C=O) groups excluding carboxylic acids is 3. The lowest BCUT2D eigenvalue weighted by Crippen LogP contribution is -2.56. The molecule has 8 heteroatoms. The van der Waals surface area contributed by atoms with E-state index < -0.39 is 35.0 Å². The highest BCUT2D eigenvalue weighted by Gasteiger charge is 2.75. The summed E-state index contributed by atoms with van der Waals surface area (Å²) in [6, 6.07) is -0.809. The fourth-order valence-corrected chi connectivity index (χ4v) is 6.00. The molecule has 0 radical (unpaired) electrons. The Balaban J connectivity index is 1.77. The van der Waals surface area contributed by atoms with Gasteiger partial charge >= 0.3 is 5.97 Å². The quantitative estimate of drug-likeness (QED) is 0.320. The van der Waals surface area contributed by atoms with Gasteiger partial charge in [-0.15, -0.1) is 0 Å². The maximum Gasteiger partial charge on any atom is 0.313 e. The van der Waals surface area contributed by atoms with Crippen LogP contribution in [0.2, 0.25) is 0 Å². The van der Waals surface area contributed by atoms with Crippen molar-refractivity contribution < 1.29 is 29.0 Å². The first-order valence-electron chi connectivity index (χ1n) is 12.4. The zero-order valence-electron chi connectivity index (χ0n) is 19.7. The Labute approximate surface area is 195 Å². The lowest BCUT2D eigenvalue weighted by molar-refractivity contribution is -0.159. The first-order valence-corrected chi connectivity index (χ1v) is 12.4. The standard InChI is InChI=1S/C25H36N2O6/c1-3-5-13-26-14-9-12-25-18(19-23(31)32-17-10-11-24(19,4-2)33-25)21(29)27(20(25)22(26)30)15-7-6-8-16-28/h9-12,18-20,28H,3-8,13-17H2,1-2H3/t18-,19-,20?,24+,25-/m0/s1. The number of aliphatic hydroxyl groups is 1. The van der Waals surface area contributed by atoms with Crippen LogP contribution in [0.15, 0.2) is 24.3 Å². The molecular formula is C25H36N2O6. The molecule has 0 aliphatic carbocycles. The SMILES string of the molecule is CCCCN1CC=C[C@]23O[C@]4(CC)C=CCOC(=O)[C@@H]4[C@H]2C(=O)N(CCCCCO)C3C1=O. The van der Waals surface area contributed by atoms with Crippen LogP contribution in [-0.4, -0.2) is 82.8 Å². The van der Waals surface area contributed by atoms with E-state index in [2.05, 4.69) is 6.92 Å². The minimum atomic E-state index is -1.20. The normalized spacial score (nSPS) is 35.2. The van der Waals surface area contributed by atoms with E-state index in [9.17, 15) is 14.4 Å². The summed E-state index contributed by atoms with van der Waals surface area (Å²) in [4.78, 5) is 44.4. The Morgan fingerprint density at radius 1 is 1.00 bits per heavy atom. The second-order valence-electron chi connectivity index (χ2n) is 9.51. The van der Waals surface area contributed by atoms with E-state index in [1.807, 2.05) is 25.2 Å². The van der Waals surface area contributed by atoms with E-state index in [0.29, 0.717) is 38.9 Å². The number of hydrogen-bond donors (Lipinski definition) is 1. The highest BCUT2D eigenvalue weighted by molar-refractivity contribution is 5.99. The summed E-state index contributed by atoms with van der Waals surface area (Å²) in [7, 11) is 0. The second kappa shape index (κ2) is 9.58. The van der Waals surface area contributed by atoms with Crippen molar-refractivity contribution in [3.8, 4) is 0 Å². The van der Waals surface area contributed by atoms with E-state index in [1.54, 1.807) is 15.9 Å². The number of fused-ring (bicyclic) bond motifs is 2. The van der Waals surface area contributed by atoms with Crippen LogP contribution in [0.1, 0.15) is 52.4 Å². The first-order chi connectivity index (χ1) is 16.0. The zero-order chi connectivity index (χ0) is 23.6. The van der Waals surface area contributed by atoms with Crippen molar-refractivity contribution in [3.05, 3.63) is 24.3 Å². The van der Waals surface area contributed by atoms with Crippen LogP contribution < -0.4 is 0 Å². The third kappa shape index (κ3) is 3.81. The van der Waals surface area contributed by atoms with Gasteiger partial charge in [0.2, 0.25) is 11.8 Å². The van der Waals surface area contributed by atoms with Crippen LogP contribution in [0.5, 0.6) is 0 Å². The molecule has 1 unspecified atom stereocenters. The Morgan fingerprint density at radius 3 is 2.55 bits per heavy atom. The molecule has 4 rings (SSSR count). The van der Waals surface area contributed by atoms with Crippen LogP contribution in [0, 0.1) is 11.8 Å². The summed E-state index contributed by atoms with van der Waals surface area (Å²) >= 11 is 0. The smallest absolute Gasteiger partial charge is 0.313 e. The number of unbranched alkanes of at least 4 members (excludes halogenated alkanes) is 3. The van der Waals surface area contributed by atoms with Crippen LogP contribution in [0.25, 0.3) is 0 Å². The third-order valence-electron chi connectivity index (χ3n) is 7.62. The molecule has 2 fully saturated rings. The predicted molar refractivity (Wildman–Crippen MR) is 121 cm³/mol. The van der Waals surface area contributed by atoms with Gasteiger partial charge in [-0.2, -0.15) is 0 Å². The van der Waals surface area contributed by atoms with Crippen LogP contribution in [-0.2, 0) is 23.9 Å². The average molecular weight is 461 g/mol. The summed E-state index contributed by atoms with van der Waals surface area (Å²) in [6.45, 7) is 5.75. The molecule has 8 nitrogen and oxygen atoms in total. The molecule has 2 saturated heterocycles. The largest absolute Gasteiger partial charge is 0.461 e. The highest BCUT2D eigenvalue weighted by atomic mass is 16.6. The van der Waals surface area contributed by atoms with E-state index in [4.69, 9.17) is 14.6 Å². The molecule has 0 aromatic carbocycles. The molecule has 0 aromatic rings. The molecule has 4 aliphatic rings. The van der Waals surface area contributed by atoms with Gasteiger partial charge in [-0.3, -0.25) is 14.4 Å². The number of aliphatic hydroxyl groups excluding tert-OH is 1. The van der Waals surface area contributed by atoms with Crippen molar-refractivity contribution in [2.45, 2.75) is 69.6 Å². The van der Waals surface area contributed by atoms with Crippen molar-refractivity contribution in [1.29, 1.82) is 0 Å². The topological polar surface area (TPSA) is 96.4 Å². The number of rotatable bonds is 9. The summed E-state index contributed by atoms with van der Waals surface area (Å²) in [6.07, 6.45) is 11.9. The van der Waals surface area contributed by atoms with Gasteiger partial charge < -0.3 is 24.4 Å². The number of carbonyl (C=O) groups is 3. The number of hydrogen-bond acceptors (Lipinski definition) is 6. The number of amides is 2. The number of nitrogens with zero attached hydrogens (tertiary/aromatic N) is 2. The number of esters is 1. The van der Waals surface area contributed by atoms with E-state index in [0.717, 1.165) is 19.3 Å². The molecule has 1 N–H and O–H groups in total. The second-order valence-corrected chi connectivity index (χ2v) is 9.51. The van der Waals surface area contributed by atoms with E-state index in [-0.39, 0.29) is 25.0 Å². The Bertz CT molecular complexity index is 841. The van der Waals surface area contributed by atoms with Gasteiger partial charge in [-0.1, -0.05) is 38.5 Å². The Kier molecular flexibility index (Phi) is 6.96. The number of ether oxygens (including phenoxy) is 2. The maximum absolute atomic E-state index is 13.9. The van der Waals surface area contributed by atoms with Gasteiger partial charge in [-0.05, 0) is 38.2 Å². The minimum absolute atomic E-state index is 0.0960. The zero-order valence-corrected chi connectivity index (χ0v) is 19.7. The summed E-state index contributed by atoms with van der Waals surface area (Å²) in [5.74, 6) is -2.37. The van der Waals surface area contributed by atoms with Crippen molar-refractivity contribution in [2.24, 2.45) is 11.8 Å². The average Bonchev–Trinajstić information content (AvgIpc) is 3.08. The van der Waals surface area contributed by atoms with Crippen molar-refractivity contribution in [3.63, 3.8) is 0 Å². The lowest BCUT2D eigenvalue weighted by atomic mass is 9.73. The monoisotopic (exact) mass is 460 g/mol. The molecule has 1 spiro atoms. The van der Waals surface area contributed by atoms with Gasteiger partial charge in [0.25, 0.3) is 0 Å². The van der Waals surface area contributed by atoms with Crippen LogP contribution in [0.3, 0.4) is 0 Å². The fraction of sp³-hybridized carbons (Fsp3) is 0.720. The molecule has 4 aliphatic heterocycles. The molecule has 4 heterocycles. The van der Waals surface area contributed by atoms with Gasteiger partial charge in [0.05, 0.1) is 5.92 Å². The third-order valence-corrected chi connectivity index (χ3v) is 7.62. The molecule has 0 aromatic heterocycles. The van der Waals surface area contributed by atoms with Crippen LogP contribution >= 0.6 is 0 Å². The van der Waals surface area contributed by atoms with Gasteiger partial charge in [0.15, 0.2) is 0 Å². The van der Waals surface area contributed by atoms with Crippen molar-refractivity contribution in [2.75, 3.05) is 32.8 Å². The van der Waals surface area contributed by atoms with Gasteiger partial charge in [0, 0.05) is 26.2 Å². The molecule has 0 bridgehead atoms. The molecule has 0 saturated carbocycles. The minimum Gasteiger partial charge on any atom is -0.461 e. The highest BCUT2D eigenvalue weighted by Crippen LogP contribution is 2.58. The molecule has 2 amide bonds. The molecular weight excluding hydrogens is 424 g/mol. The Hall–Kier alpha value is -2.19. The van der Waals surface area contributed by atoms with E-state index >= 15 is 0 Å². The molecule has 182 valence electrons. The first kappa shape index (κ1) is 24.0. The number of cyclic esters (lactones) is 1. The van der Waals surface area contributed by atoms with Gasteiger partial charge in [0.1, 0.15) is 29.8 Å².